The maximum atomic E-state index is 11.6. The molecular weight excluding hydrogens is 262 g/mol. The summed E-state index contributed by atoms with van der Waals surface area (Å²) in [7, 11) is 1.54. The van der Waals surface area contributed by atoms with Crippen molar-refractivity contribution in [3.8, 4) is 0 Å². The SMILES string of the molecule is CN1CCCC(N(C)CCC2CS(=O)(=O)CCN2)C1. The van der Waals surface area contributed by atoms with E-state index in [2.05, 4.69) is 29.2 Å². The highest BCUT2D eigenvalue weighted by Crippen LogP contribution is 2.14. The first-order valence-corrected chi connectivity index (χ1v) is 9.11. The molecule has 2 fully saturated rings. The van der Waals surface area contributed by atoms with E-state index in [0.29, 0.717) is 24.1 Å². The molecular formula is C13H27N3O2S. The van der Waals surface area contributed by atoms with Crippen molar-refractivity contribution in [3.05, 3.63) is 0 Å². The molecule has 2 atom stereocenters. The van der Waals surface area contributed by atoms with Crippen LogP contribution in [0.2, 0.25) is 0 Å². The average Bonchev–Trinajstić information content (AvgIpc) is 2.35. The summed E-state index contributed by atoms with van der Waals surface area (Å²) < 4.78 is 23.2. The first kappa shape index (κ1) is 15.2. The molecule has 0 spiro atoms. The standard InChI is InChI=1S/C13H27N3O2S/c1-15-7-3-4-13(10-15)16(2)8-5-12-11-19(17,18)9-6-14-12/h12-14H,3-11H2,1-2H3. The van der Waals surface area contributed by atoms with E-state index in [1.807, 2.05) is 0 Å². The van der Waals surface area contributed by atoms with Gasteiger partial charge in [-0.25, -0.2) is 8.42 Å². The summed E-state index contributed by atoms with van der Waals surface area (Å²) in [6, 6.07) is 0.765. The van der Waals surface area contributed by atoms with Crippen LogP contribution < -0.4 is 5.32 Å². The van der Waals surface area contributed by atoms with Crippen LogP contribution in [0.3, 0.4) is 0 Å². The molecule has 2 rings (SSSR count). The zero-order chi connectivity index (χ0) is 13.9. The van der Waals surface area contributed by atoms with Crippen LogP contribution in [-0.2, 0) is 9.84 Å². The number of hydrogen-bond donors (Lipinski definition) is 1. The van der Waals surface area contributed by atoms with Crippen molar-refractivity contribution in [1.29, 1.82) is 0 Å². The molecule has 5 nitrogen and oxygen atoms in total. The third-order valence-electron chi connectivity index (χ3n) is 4.35. The molecule has 0 saturated carbocycles. The maximum Gasteiger partial charge on any atom is 0.153 e. The van der Waals surface area contributed by atoms with E-state index in [9.17, 15) is 8.42 Å². The van der Waals surface area contributed by atoms with Gasteiger partial charge in [0.2, 0.25) is 0 Å². The number of nitrogens with zero attached hydrogens (tertiary/aromatic N) is 2. The fourth-order valence-electron chi connectivity index (χ4n) is 3.09. The Bertz CT molecular complexity index is 385. The Morgan fingerprint density at radius 2 is 2.21 bits per heavy atom. The lowest BCUT2D eigenvalue weighted by molar-refractivity contribution is 0.131. The highest BCUT2D eigenvalue weighted by Gasteiger charge is 2.26. The predicted octanol–water partition coefficient (Wildman–Crippen LogP) is -0.211. The fraction of sp³-hybridized carbons (Fsp3) is 1.00. The Morgan fingerprint density at radius 3 is 2.89 bits per heavy atom. The number of nitrogens with one attached hydrogen (secondary N) is 1. The fourth-order valence-corrected chi connectivity index (χ4v) is 4.59. The average molecular weight is 289 g/mol. The Balaban J connectivity index is 1.75. The van der Waals surface area contributed by atoms with Crippen molar-refractivity contribution in [2.75, 3.05) is 51.8 Å². The lowest BCUT2D eigenvalue weighted by Crippen LogP contribution is -2.49. The summed E-state index contributed by atoms with van der Waals surface area (Å²) in [5, 5.41) is 3.33. The van der Waals surface area contributed by atoms with Crippen molar-refractivity contribution in [1.82, 2.24) is 15.1 Å². The van der Waals surface area contributed by atoms with Gasteiger partial charge in [0.15, 0.2) is 9.84 Å². The van der Waals surface area contributed by atoms with Crippen LogP contribution in [0.4, 0.5) is 0 Å². The molecule has 6 heteroatoms. The molecule has 0 radical (unpaired) electrons. The summed E-state index contributed by atoms with van der Waals surface area (Å²) in [6.07, 6.45) is 3.45. The Hall–Kier alpha value is -0.170. The number of sulfone groups is 1. The van der Waals surface area contributed by atoms with Gasteiger partial charge < -0.3 is 15.1 Å². The van der Waals surface area contributed by atoms with Gasteiger partial charge in [0.05, 0.1) is 11.5 Å². The Labute approximate surface area is 117 Å². The van der Waals surface area contributed by atoms with E-state index in [-0.39, 0.29) is 6.04 Å². The Kier molecular flexibility index (Phi) is 5.22. The second-order valence-electron chi connectivity index (χ2n) is 6.09. The van der Waals surface area contributed by atoms with Crippen LogP contribution in [0.1, 0.15) is 19.3 Å². The summed E-state index contributed by atoms with van der Waals surface area (Å²) in [6.45, 7) is 3.92. The summed E-state index contributed by atoms with van der Waals surface area (Å²) in [5.74, 6) is 0.609. The smallest absolute Gasteiger partial charge is 0.153 e. The van der Waals surface area contributed by atoms with Gasteiger partial charge in [0, 0.05) is 25.2 Å². The molecule has 0 aromatic carbocycles. The van der Waals surface area contributed by atoms with Gasteiger partial charge in [0.25, 0.3) is 0 Å². The van der Waals surface area contributed by atoms with E-state index in [1.165, 1.54) is 19.4 Å². The summed E-state index contributed by atoms with van der Waals surface area (Å²) in [4.78, 5) is 4.78. The number of hydrogen-bond acceptors (Lipinski definition) is 5. The van der Waals surface area contributed by atoms with Crippen LogP contribution in [0.15, 0.2) is 0 Å². The number of likely N-dealkylation sites (N-methyl/N-ethyl adjacent to an activating group) is 2. The quantitative estimate of drug-likeness (QED) is 0.776. The van der Waals surface area contributed by atoms with Crippen LogP contribution in [0.5, 0.6) is 0 Å². The van der Waals surface area contributed by atoms with E-state index < -0.39 is 9.84 Å². The highest BCUT2D eigenvalue weighted by atomic mass is 32.2. The number of likely N-dealkylation sites (tertiary alicyclic amines) is 1. The second-order valence-corrected chi connectivity index (χ2v) is 8.32. The minimum absolute atomic E-state index is 0.141. The van der Waals surface area contributed by atoms with Crippen molar-refractivity contribution in [3.63, 3.8) is 0 Å². The lowest BCUT2D eigenvalue weighted by atomic mass is 10.0. The molecule has 2 aliphatic rings. The first-order valence-electron chi connectivity index (χ1n) is 7.29. The van der Waals surface area contributed by atoms with Crippen molar-refractivity contribution < 1.29 is 8.42 Å². The minimum atomic E-state index is -2.80. The van der Waals surface area contributed by atoms with Crippen LogP contribution >= 0.6 is 0 Å². The Morgan fingerprint density at radius 1 is 1.42 bits per heavy atom. The monoisotopic (exact) mass is 289 g/mol. The van der Waals surface area contributed by atoms with Gasteiger partial charge in [-0.1, -0.05) is 0 Å². The van der Waals surface area contributed by atoms with Crippen LogP contribution in [0.25, 0.3) is 0 Å². The molecule has 0 amide bonds. The lowest BCUT2D eigenvalue weighted by Gasteiger charge is -2.36. The van der Waals surface area contributed by atoms with Crippen LogP contribution in [0, 0.1) is 0 Å². The largest absolute Gasteiger partial charge is 0.312 e. The topological polar surface area (TPSA) is 52.7 Å². The number of piperidine rings is 1. The minimum Gasteiger partial charge on any atom is -0.312 e. The van der Waals surface area contributed by atoms with E-state index >= 15 is 0 Å². The van der Waals surface area contributed by atoms with Gasteiger partial charge in [-0.15, -0.1) is 0 Å². The second kappa shape index (κ2) is 6.52. The first-order chi connectivity index (χ1) is 8.96. The molecule has 19 heavy (non-hydrogen) atoms. The molecule has 2 unspecified atom stereocenters. The molecule has 0 aliphatic carbocycles. The predicted molar refractivity (Wildman–Crippen MR) is 78.2 cm³/mol. The van der Waals surface area contributed by atoms with Crippen LogP contribution in [-0.4, -0.2) is 82.1 Å². The molecule has 2 saturated heterocycles. The maximum absolute atomic E-state index is 11.6. The third kappa shape index (κ3) is 4.70. The van der Waals surface area contributed by atoms with E-state index in [1.54, 1.807) is 0 Å². The summed E-state index contributed by atoms with van der Waals surface area (Å²) >= 11 is 0. The van der Waals surface area contributed by atoms with Gasteiger partial charge >= 0.3 is 0 Å². The van der Waals surface area contributed by atoms with Gasteiger partial charge in [-0.2, -0.15) is 0 Å². The normalized spacial score (nSPS) is 32.6. The van der Waals surface area contributed by atoms with E-state index in [0.717, 1.165) is 19.5 Å². The summed E-state index contributed by atoms with van der Waals surface area (Å²) in [5.41, 5.74) is 0. The van der Waals surface area contributed by atoms with Crippen molar-refractivity contribution in [2.45, 2.75) is 31.3 Å². The van der Waals surface area contributed by atoms with Gasteiger partial charge in [-0.05, 0) is 46.4 Å². The molecule has 1 N–H and O–H groups in total. The molecule has 0 aromatic rings. The van der Waals surface area contributed by atoms with Gasteiger partial charge in [0.1, 0.15) is 0 Å². The van der Waals surface area contributed by atoms with Gasteiger partial charge in [-0.3, -0.25) is 0 Å². The molecule has 0 aromatic heterocycles. The zero-order valence-corrected chi connectivity index (χ0v) is 13.0. The number of rotatable bonds is 4. The third-order valence-corrected chi connectivity index (χ3v) is 6.09. The highest BCUT2D eigenvalue weighted by molar-refractivity contribution is 7.91. The molecule has 0 bridgehead atoms. The van der Waals surface area contributed by atoms with Crippen molar-refractivity contribution in [2.24, 2.45) is 0 Å². The van der Waals surface area contributed by atoms with Crippen molar-refractivity contribution >= 4 is 9.84 Å². The molecule has 112 valence electrons. The molecule has 2 aliphatic heterocycles. The molecule has 2 heterocycles. The zero-order valence-electron chi connectivity index (χ0n) is 12.1. The van der Waals surface area contributed by atoms with E-state index in [4.69, 9.17) is 0 Å².